The van der Waals surface area contributed by atoms with E-state index in [0.717, 1.165) is 5.56 Å². The molecule has 1 fully saturated rings. The Labute approximate surface area is 183 Å². The summed E-state index contributed by atoms with van der Waals surface area (Å²) in [5.74, 6) is -1.04. The van der Waals surface area contributed by atoms with Crippen LogP contribution in [-0.2, 0) is 20.8 Å². The Kier molecular flexibility index (Phi) is 6.81. The molecule has 1 aliphatic heterocycles. The quantitative estimate of drug-likeness (QED) is 0.634. The van der Waals surface area contributed by atoms with Gasteiger partial charge in [-0.3, -0.25) is 24.7 Å². The van der Waals surface area contributed by atoms with Crippen molar-refractivity contribution < 1.29 is 23.5 Å². The number of benzene rings is 2. The molecule has 1 aliphatic rings. The van der Waals surface area contributed by atoms with Crippen molar-refractivity contribution in [2.75, 3.05) is 19.5 Å². The first-order valence-electron chi connectivity index (χ1n) is 9.37. The van der Waals surface area contributed by atoms with E-state index in [1.54, 1.807) is 31.4 Å². The molecule has 1 saturated heterocycles. The van der Waals surface area contributed by atoms with Crippen LogP contribution < -0.4 is 15.5 Å². The normalized spacial score (nSPS) is 15.8. The van der Waals surface area contributed by atoms with Crippen LogP contribution in [0.15, 0.2) is 48.5 Å². The topological polar surface area (TPSA) is 91.0 Å². The number of hydrazine groups is 1. The summed E-state index contributed by atoms with van der Waals surface area (Å²) in [5.41, 5.74) is 3.76. The van der Waals surface area contributed by atoms with Crippen molar-refractivity contribution in [2.24, 2.45) is 0 Å². The van der Waals surface area contributed by atoms with Crippen molar-refractivity contribution in [3.8, 4) is 5.75 Å². The van der Waals surface area contributed by atoms with Gasteiger partial charge in [0.15, 0.2) is 5.11 Å². The number of hydrogen-bond acceptors (Lipinski definition) is 5. The van der Waals surface area contributed by atoms with Crippen LogP contribution in [0, 0.1) is 5.82 Å². The van der Waals surface area contributed by atoms with Gasteiger partial charge in [-0.1, -0.05) is 12.1 Å². The van der Waals surface area contributed by atoms with E-state index in [1.807, 2.05) is 0 Å². The summed E-state index contributed by atoms with van der Waals surface area (Å²) in [6.07, 6.45) is -0.195. The maximum Gasteiger partial charge on any atom is 0.253 e. The standard InChI is InChI=1S/C21H21FN4O4S/c1-25-20(29)17(12-18(27)23-15-7-5-14(22)6-8-15)26(21(25)31)24-19(28)11-13-3-9-16(30-2)10-4-13/h3-10,17H,11-12H2,1-2H3,(H,23,27)(H,24,28). The first kappa shape index (κ1) is 22.2. The molecule has 1 heterocycles. The van der Waals surface area contributed by atoms with Crippen LogP contribution in [0.1, 0.15) is 12.0 Å². The van der Waals surface area contributed by atoms with E-state index in [4.69, 9.17) is 17.0 Å². The minimum atomic E-state index is -0.988. The lowest BCUT2D eigenvalue weighted by atomic mass is 10.1. The van der Waals surface area contributed by atoms with E-state index in [2.05, 4.69) is 10.7 Å². The molecule has 8 nitrogen and oxygen atoms in total. The zero-order chi connectivity index (χ0) is 22.5. The first-order chi connectivity index (χ1) is 14.8. The van der Waals surface area contributed by atoms with Crippen molar-refractivity contribution in [1.29, 1.82) is 0 Å². The molecule has 1 atom stereocenters. The zero-order valence-corrected chi connectivity index (χ0v) is 17.7. The largest absolute Gasteiger partial charge is 0.497 e. The molecule has 2 aromatic carbocycles. The van der Waals surface area contributed by atoms with Gasteiger partial charge in [0.2, 0.25) is 11.8 Å². The van der Waals surface area contributed by atoms with Crippen molar-refractivity contribution in [2.45, 2.75) is 18.9 Å². The van der Waals surface area contributed by atoms with E-state index in [1.165, 1.54) is 41.2 Å². The van der Waals surface area contributed by atoms with Gasteiger partial charge in [-0.15, -0.1) is 0 Å². The fourth-order valence-corrected chi connectivity index (χ4v) is 3.31. The fraction of sp³-hybridized carbons (Fsp3) is 0.238. The monoisotopic (exact) mass is 444 g/mol. The van der Waals surface area contributed by atoms with E-state index in [0.29, 0.717) is 11.4 Å². The number of carbonyl (C=O) groups is 3. The van der Waals surface area contributed by atoms with Gasteiger partial charge in [-0.25, -0.2) is 9.40 Å². The Morgan fingerprint density at radius 1 is 1.10 bits per heavy atom. The number of rotatable bonds is 7. The highest BCUT2D eigenvalue weighted by Crippen LogP contribution is 2.19. The summed E-state index contributed by atoms with van der Waals surface area (Å²) >= 11 is 5.26. The SMILES string of the molecule is COc1ccc(CC(=O)NN2C(=S)N(C)C(=O)C2CC(=O)Nc2ccc(F)cc2)cc1. The predicted octanol–water partition coefficient (Wildman–Crippen LogP) is 1.86. The summed E-state index contributed by atoms with van der Waals surface area (Å²) in [6, 6.07) is 11.3. The number of nitrogens with zero attached hydrogens (tertiary/aromatic N) is 2. The molecular formula is C21H21FN4O4S. The van der Waals surface area contributed by atoms with Crippen LogP contribution in [-0.4, -0.2) is 52.9 Å². The number of hydrogen-bond donors (Lipinski definition) is 2. The van der Waals surface area contributed by atoms with Crippen LogP contribution in [0.2, 0.25) is 0 Å². The third-order valence-electron chi connectivity index (χ3n) is 4.70. The van der Waals surface area contributed by atoms with Gasteiger partial charge >= 0.3 is 0 Å². The van der Waals surface area contributed by atoms with Gasteiger partial charge in [0.1, 0.15) is 17.6 Å². The molecule has 31 heavy (non-hydrogen) atoms. The third kappa shape index (κ3) is 5.34. The van der Waals surface area contributed by atoms with Crippen molar-refractivity contribution in [3.05, 3.63) is 59.9 Å². The molecule has 0 saturated carbocycles. The Hall–Kier alpha value is -3.53. The lowest BCUT2D eigenvalue weighted by Crippen LogP contribution is -2.50. The molecule has 0 aliphatic carbocycles. The number of carbonyl (C=O) groups excluding carboxylic acids is 3. The molecule has 0 spiro atoms. The highest BCUT2D eigenvalue weighted by Gasteiger charge is 2.42. The van der Waals surface area contributed by atoms with E-state index < -0.39 is 23.7 Å². The summed E-state index contributed by atoms with van der Waals surface area (Å²) in [6.45, 7) is 0. The Morgan fingerprint density at radius 3 is 2.35 bits per heavy atom. The van der Waals surface area contributed by atoms with Gasteiger partial charge in [0.05, 0.1) is 20.0 Å². The highest BCUT2D eigenvalue weighted by molar-refractivity contribution is 7.80. The maximum atomic E-state index is 13.0. The van der Waals surface area contributed by atoms with Crippen molar-refractivity contribution in [1.82, 2.24) is 15.3 Å². The molecule has 2 N–H and O–H groups in total. The average Bonchev–Trinajstić information content (AvgIpc) is 2.94. The van der Waals surface area contributed by atoms with Crippen LogP contribution in [0.5, 0.6) is 5.75 Å². The molecule has 0 bridgehead atoms. The molecular weight excluding hydrogens is 423 g/mol. The second-order valence-corrected chi connectivity index (χ2v) is 7.25. The highest BCUT2D eigenvalue weighted by atomic mass is 32.1. The van der Waals surface area contributed by atoms with E-state index in [9.17, 15) is 18.8 Å². The number of likely N-dealkylation sites (N-methyl/N-ethyl adjacent to an activating group) is 1. The Balaban J connectivity index is 1.65. The number of amides is 3. The van der Waals surface area contributed by atoms with E-state index >= 15 is 0 Å². The van der Waals surface area contributed by atoms with Crippen molar-refractivity contribution >= 4 is 40.7 Å². The number of anilines is 1. The molecule has 3 amide bonds. The number of halogens is 1. The van der Waals surface area contributed by atoms with E-state index in [-0.39, 0.29) is 23.9 Å². The van der Waals surface area contributed by atoms with Gasteiger partial charge in [0.25, 0.3) is 5.91 Å². The summed E-state index contributed by atoms with van der Waals surface area (Å²) < 4.78 is 18.1. The first-order valence-corrected chi connectivity index (χ1v) is 9.78. The van der Waals surface area contributed by atoms with Crippen LogP contribution in [0.25, 0.3) is 0 Å². The molecule has 3 rings (SSSR count). The zero-order valence-electron chi connectivity index (χ0n) is 16.9. The maximum absolute atomic E-state index is 13.0. The Bertz CT molecular complexity index is 997. The Morgan fingerprint density at radius 2 is 1.74 bits per heavy atom. The third-order valence-corrected chi connectivity index (χ3v) is 5.17. The summed E-state index contributed by atoms with van der Waals surface area (Å²) in [4.78, 5) is 38.7. The minimum absolute atomic E-state index is 0.0511. The minimum Gasteiger partial charge on any atom is -0.497 e. The number of methoxy groups -OCH3 is 1. The molecule has 10 heteroatoms. The number of thiocarbonyl (C=S) groups is 1. The lowest BCUT2D eigenvalue weighted by molar-refractivity contribution is -0.132. The molecule has 0 aromatic heterocycles. The fourth-order valence-electron chi connectivity index (χ4n) is 3.05. The van der Waals surface area contributed by atoms with Crippen LogP contribution in [0.3, 0.4) is 0 Å². The second kappa shape index (κ2) is 9.52. The smallest absolute Gasteiger partial charge is 0.253 e. The second-order valence-electron chi connectivity index (χ2n) is 6.88. The molecule has 0 radical (unpaired) electrons. The number of nitrogens with one attached hydrogen (secondary N) is 2. The summed E-state index contributed by atoms with van der Waals surface area (Å²) in [7, 11) is 3.03. The average molecular weight is 444 g/mol. The van der Waals surface area contributed by atoms with Gasteiger partial charge in [0, 0.05) is 12.7 Å². The molecule has 162 valence electrons. The predicted molar refractivity (Wildman–Crippen MR) is 115 cm³/mol. The van der Waals surface area contributed by atoms with Crippen LogP contribution >= 0.6 is 12.2 Å². The summed E-state index contributed by atoms with van der Waals surface area (Å²) in [5, 5.41) is 3.92. The van der Waals surface area contributed by atoms with Crippen molar-refractivity contribution in [3.63, 3.8) is 0 Å². The van der Waals surface area contributed by atoms with Gasteiger partial charge in [-0.2, -0.15) is 0 Å². The molecule has 1 unspecified atom stereocenters. The molecule has 2 aromatic rings. The lowest BCUT2D eigenvalue weighted by Gasteiger charge is -2.24. The number of ether oxygens (including phenoxy) is 1. The van der Waals surface area contributed by atoms with Gasteiger partial charge in [-0.05, 0) is 54.2 Å². The van der Waals surface area contributed by atoms with Crippen LogP contribution in [0.4, 0.5) is 10.1 Å². The van der Waals surface area contributed by atoms with Gasteiger partial charge < -0.3 is 10.1 Å².